The predicted octanol–water partition coefficient (Wildman–Crippen LogP) is 0.638. The van der Waals surface area contributed by atoms with Crippen LogP contribution in [0.3, 0.4) is 0 Å². The van der Waals surface area contributed by atoms with E-state index < -0.39 is 5.54 Å². The van der Waals surface area contributed by atoms with Gasteiger partial charge in [-0.05, 0) is 27.3 Å². The van der Waals surface area contributed by atoms with Crippen LogP contribution < -0.4 is 5.32 Å². The second kappa shape index (κ2) is 5.99. The molecule has 0 saturated carbocycles. The summed E-state index contributed by atoms with van der Waals surface area (Å²) in [7, 11) is 1.43. The molecule has 0 aromatic carbocycles. The zero-order valence-electron chi connectivity index (χ0n) is 12.2. The number of hydrogen-bond donors (Lipinski definition) is 1. The van der Waals surface area contributed by atoms with E-state index in [0.717, 1.165) is 13.1 Å². The molecule has 1 aliphatic rings. The van der Waals surface area contributed by atoms with Gasteiger partial charge in [0.2, 0.25) is 0 Å². The highest BCUT2D eigenvalue weighted by Crippen LogP contribution is 2.22. The van der Waals surface area contributed by atoms with Gasteiger partial charge in [0.15, 0.2) is 0 Å². The van der Waals surface area contributed by atoms with Crippen LogP contribution in [-0.4, -0.2) is 61.9 Å². The highest BCUT2D eigenvalue weighted by molar-refractivity contribution is 5.80. The van der Waals surface area contributed by atoms with Crippen LogP contribution in [-0.2, 0) is 14.3 Å². The zero-order chi connectivity index (χ0) is 13.8. The van der Waals surface area contributed by atoms with Gasteiger partial charge in [-0.15, -0.1) is 0 Å². The minimum atomic E-state index is -0.669. The summed E-state index contributed by atoms with van der Waals surface area (Å²) in [4.78, 5) is 14.3. The van der Waals surface area contributed by atoms with Gasteiger partial charge in [0.1, 0.15) is 5.54 Å². The predicted molar refractivity (Wildman–Crippen MR) is 70.6 cm³/mol. The SMILES string of the molecule is CCNC(C)(CN1CCOCC1(C)C)C(=O)OC. The third kappa shape index (κ3) is 3.43. The van der Waals surface area contributed by atoms with Crippen molar-refractivity contribution in [3.63, 3.8) is 0 Å². The number of carbonyl (C=O) groups excluding carboxylic acids is 1. The summed E-state index contributed by atoms with van der Waals surface area (Å²) in [6, 6.07) is 0. The number of ether oxygens (including phenoxy) is 2. The molecule has 0 bridgehead atoms. The summed E-state index contributed by atoms with van der Waals surface area (Å²) in [5.41, 5.74) is -0.721. The second-order valence-electron chi connectivity index (χ2n) is 5.64. The Morgan fingerprint density at radius 3 is 2.72 bits per heavy atom. The van der Waals surface area contributed by atoms with E-state index in [1.54, 1.807) is 0 Å². The molecule has 0 radical (unpaired) electrons. The van der Waals surface area contributed by atoms with E-state index in [4.69, 9.17) is 9.47 Å². The van der Waals surface area contributed by atoms with Crippen molar-refractivity contribution in [2.75, 3.05) is 40.0 Å². The number of methoxy groups -OCH3 is 1. The lowest BCUT2D eigenvalue weighted by Gasteiger charge is -2.45. The van der Waals surface area contributed by atoms with Gasteiger partial charge in [0.25, 0.3) is 0 Å². The van der Waals surface area contributed by atoms with Gasteiger partial charge in [0.05, 0.1) is 20.3 Å². The number of morpholine rings is 1. The van der Waals surface area contributed by atoms with E-state index in [9.17, 15) is 4.79 Å². The molecule has 1 aliphatic heterocycles. The Morgan fingerprint density at radius 2 is 2.22 bits per heavy atom. The molecule has 18 heavy (non-hydrogen) atoms. The Hall–Kier alpha value is -0.650. The van der Waals surface area contributed by atoms with Crippen LogP contribution in [0.4, 0.5) is 0 Å². The first kappa shape index (κ1) is 15.4. The van der Waals surface area contributed by atoms with Crippen molar-refractivity contribution < 1.29 is 14.3 Å². The highest BCUT2D eigenvalue weighted by atomic mass is 16.5. The maximum atomic E-state index is 12.0. The van der Waals surface area contributed by atoms with Gasteiger partial charge in [0, 0.05) is 18.6 Å². The highest BCUT2D eigenvalue weighted by Gasteiger charge is 2.40. The van der Waals surface area contributed by atoms with Gasteiger partial charge in [-0.1, -0.05) is 6.92 Å². The van der Waals surface area contributed by atoms with Crippen molar-refractivity contribution in [3.8, 4) is 0 Å². The van der Waals surface area contributed by atoms with Crippen molar-refractivity contribution >= 4 is 5.97 Å². The molecule has 5 heteroatoms. The largest absolute Gasteiger partial charge is 0.468 e. The van der Waals surface area contributed by atoms with Crippen LogP contribution in [0.25, 0.3) is 0 Å². The van der Waals surface area contributed by atoms with Crippen molar-refractivity contribution in [1.29, 1.82) is 0 Å². The fourth-order valence-corrected chi connectivity index (χ4v) is 2.37. The van der Waals surface area contributed by atoms with Crippen LogP contribution in [0.2, 0.25) is 0 Å². The van der Waals surface area contributed by atoms with E-state index in [0.29, 0.717) is 19.8 Å². The van der Waals surface area contributed by atoms with Crippen molar-refractivity contribution in [3.05, 3.63) is 0 Å². The summed E-state index contributed by atoms with van der Waals surface area (Å²) < 4.78 is 10.4. The fraction of sp³-hybridized carbons (Fsp3) is 0.923. The molecular weight excluding hydrogens is 232 g/mol. The molecule has 0 aliphatic carbocycles. The summed E-state index contributed by atoms with van der Waals surface area (Å²) in [5, 5.41) is 3.24. The summed E-state index contributed by atoms with van der Waals surface area (Å²) >= 11 is 0. The Morgan fingerprint density at radius 1 is 1.56 bits per heavy atom. The maximum Gasteiger partial charge on any atom is 0.327 e. The van der Waals surface area contributed by atoms with Crippen LogP contribution in [0.15, 0.2) is 0 Å². The Kier molecular flexibility index (Phi) is 5.13. The molecule has 1 unspecified atom stereocenters. The third-order valence-electron chi connectivity index (χ3n) is 3.53. The molecule has 1 saturated heterocycles. The quantitative estimate of drug-likeness (QED) is 0.733. The van der Waals surface area contributed by atoms with E-state index in [1.165, 1.54) is 7.11 Å². The number of esters is 1. The topological polar surface area (TPSA) is 50.8 Å². The molecule has 106 valence electrons. The van der Waals surface area contributed by atoms with Gasteiger partial charge < -0.3 is 14.8 Å². The van der Waals surface area contributed by atoms with E-state index in [1.807, 2.05) is 13.8 Å². The third-order valence-corrected chi connectivity index (χ3v) is 3.53. The first-order chi connectivity index (χ1) is 8.35. The van der Waals surface area contributed by atoms with Crippen molar-refractivity contribution in [2.24, 2.45) is 0 Å². The molecule has 0 aromatic rings. The van der Waals surface area contributed by atoms with Crippen molar-refractivity contribution in [1.82, 2.24) is 10.2 Å². The van der Waals surface area contributed by atoms with Gasteiger partial charge in [-0.25, -0.2) is 0 Å². The molecule has 0 amide bonds. The van der Waals surface area contributed by atoms with Crippen LogP contribution in [0, 0.1) is 0 Å². The van der Waals surface area contributed by atoms with Crippen LogP contribution >= 0.6 is 0 Å². The summed E-state index contributed by atoms with van der Waals surface area (Å²) in [6.07, 6.45) is 0. The van der Waals surface area contributed by atoms with Crippen molar-refractivity contribution in [2.45, 2.75) is 38.8 Å². The lowest BCUT2D eigenvalue weighted by molar-refractivity contribution is -0.151. The maximum absolute atomic E-state index is 12.0. The van der Waals surface area contributed by atoms with E-state index >= 15 is 0 Å². The molecule has 0 spiro atoms. The number of nitrogens with one attached hydrogen (secondary N) is 1. The molecule has 1 N–H and O–H groups in total. The Labute approximate surface area is 110 Å². The smallest absolute Gasteiger partial charge is 0.327 e. The summed E-state index contributed by atoms with van der Waals surface area (Å²) in [6.45, 7) is 11.8. The van der Waals surface area contributed by atoms with Gasteiger partial charge in [-0.2, -0.15) is 0 Å². The average molecular weight is 258 g/mol. The first-order valence-corrected chi connectivity index (χ1v) is 6.52. The monoisotopic (exact) mass is 258 g/mol. The minimum absolute atomic E-state index is 0.0526. The number of hydrogen-bond acceptors (Lipinski definition) is 5. The standard InChI is InChI=1S/C13H26N2O3/c1-6-14-13(4,11(16)17-5)9-15-7-8-18-10-12(15,2)3/h14H,6-10H2,1-5H3. The first-order valence-electron chi connectivity index (χ1n) is 6.52. The fourth-order valence-electron chi connectivity index (χ4n) is 2.37. The lowest BCUT2D eigenvalue weighted by atomic mass is 9.95. The van der Waals surface area contributed by atoms with Crippen LogP contribution in [0.1, 0.15) is 27.7 Å². The number of rotatable bonds is 5. The zero-order valence-corrected chi connectivity index (χ0v) is 12.2. The lowest BCUT2D eigenvalue weighted by Crippen LogP contribution is -2.63. The van der Waals surface area contributed by atoms with E-state index in [2.05, 4.69) is 24.1 Å². The van der Waals surface area contributed by atoms with Gasteiger partial charge in [-0.3, -0.25) is 9.69 Å². The second-order valence-corrected chi connectivity index (χ2v) is 5.64. The van der Waals surface area contributed by atoms with E-state index in [-0.39, 0.29) is 11.5 Å². The number of carbonyl (C=O) groups is 1. The molecule has 1 fully saturated rings. The molecular formula is C13H26N2O3. The van der Waals surface area contributed by atoms with Crippen LogP contribution in [0.5, 0.6) is 0 Å². The normalized spacial score (nSPS) is 23.4. The molecule has 1 rings (SSSR count). The molecule has 1 heterocycles. The Bertz CT molecular complexity index is 294. The Balaban J connectivity index is 2.79. The number of nitrogens with zero attached hydrogens (tertiary/aromatic N) is 1. The van der Waals surface area contributed by atoms with Gasteiger partial charge >= 0.3 is 5.97 Å². The average Bonchev–Trinajstić information content (AvgIpc) is 2.31. The molecule has 1 atom stereocenters. The summed E-state index contributed by atoms with van der Waals surface area (Å²) in [5.74, 6) is -0.216. The number of likely N-dealkylation sites (N-methyl/N-ethyl adjacent to an activating group) is 1. The minimum Gasteiger partial charge on any atom is -0.468 e. The molecule has 5 nitrogen and oxygen atoms in total. The molecule has 0 aromatic heterocycles.